The van der Waals surface area contributed by atoms with Crippen LogP contribution < -0.4 is 5.32 Å². The van der Waals surface area contributed by atoms with Gasteiger partial charge < -0.3 is 5.32 Å². The zero-order chi connectivity index (χ0) is 13.0. The molecule has 1 aromatic carbocycles. The number of hydrogen-bond acceptors (Lipinski definition) is 3. The van der Waals surface area contributed by atoms with Crippen molar-refractivity contribution in [2.75, 3.05) is 0 Å². The molecule has 0 heterocycles. The maximum absolute atomic E-state index is 10.9. The Bertz CT molecular complexity index is 426. The van der Waals surface area contributed by atoms with Crippen molar-refractivity contribution in [1.29, 1.82) is 0 Å². The summed E-state index contributed by atoms with van der Waals surface area (Å²) in [6.45, 7) is 2.80. The predicted molar refractivity (Wildman–Crippen MR) is 71.4 cm³/mol. The van der Waals surface area contributed by atoms with Crippen LogP contribution in [0.1, 0.15) is 44.6 Å². The standard InChI is InChI=1S/C14H20N2O2/c1-14(9-5-2-6-10-14)15-11-12-7-3-4-8-13(12)16(17)18/h3-4,7-8,15H,2,5-6,9-11H2,1H3. The van der Waals surface area contributed by atoms with Gasteiger partial charge in [-0.1, -0.05) is 37.5 Å². The van der Waals surface area contributed by atoms with Gasteiger partial charge in [0.25, 0.3) is 5.69 Å². The number of rotatable bonds is 4. The molecule has 1 fully saturated rings. The molecule has 18 heavy (non-hydrogen) atoms. The van der Waals surface area contributed by atoms with E-state index in [2.05, 4.69) is 12.2 Å². The molecule has 4 heteroatoms. The fourth-order valence-corrected chi connectivity index (χ4v) is 2.66. The highest BCUT2D eigenvalue weighted by Gasteiger charge is 2.26. The minimum atomic E-state index is -0.305. The van der Waals surface area contributed by atoms with Gasteiger partial charge >= 0.3 is 0 Å². The summed E-state index contributed by atoms with van der Waals surface area (Å²) in [5, 5.41) is 14.4. The second-order valence-electron chi connectivity index (χ2n) is 5.36. The van der Waals surface area contributed by atoms with Gasteiger partial charge in [0.2, 0.25) is 0 Å². The van der Waals surface area contributed by atoms with Crippen molar-refractivity contribution >= 4 is 5.69 Å². The van der Waals surface area contributed by atoms with Gasteiger partial charge in [-0.2, -0.15) is 0 Å². The number of nitro benzene ring substituents is 1. The van der Waals surface area contributed by atoms with Crippen LogP contribution >= 0.6 is 0 Å². The average Bonchev–Trinajstić information content (AvgIpc) is 2.38. The molecule has 2 rings (SSSR count). The molecular formula is C14H20N2O2. The number of hydrogen-bond donors (Lipinski definition) is 1. The summed E-state index contributed by atoms with van der Waals surface area (Å²) in [5.41, 5.74) is 1.13. The summed E-state index contributed by atoms with van der Waals surface area (Å²) in [6, 6.07) is 6.97. The molecule has 1 saturated carbocycles. The Morgan fingerprint density at radius 3 is 2.61 bits per heavy atom. The minimum Gasteiger partial charge on any atom is -0.307 e. The van der Waals surface area contributed by atoms with E-state index in [0.717, 1.165) is 18.4 Å². The molecule has 0 aliphatic heterocycles. The van der Waals surface area contributed by atoms with Crippen LogP contribution in [0.3, 0.4) is 0 Å². The maximum Gasteiger partial charge on any atom is 0.273 e. The van der Waals surface area contributed by atoms with Crippen LogP contribution in [0.15, 0.2) is 24.3 Å². The molecule has 0 unspecified atom stereocenters. The SMILES string of the molecule is CC1(NCc2ccccc2[N+](=O)[O-])CCCCC1. The Balaban J connectivity index is 2.03. The molecular weight excluding hydrogens is 228 g/mol. The van der Waals surface area contributed by atoms with E-state index in [1.807, 2.05) is 12.1 Å². The van der Waals surface area contributed by atoms with E-state index in [1.54, 1.807) is 12.1 Å². The Morgan fingerprint density at radius 2 is 1.94 bits per heavy atom. The highest BCUT2D eigenvalue weighted by atomic mass is 16.6. The van der Waals surface area contributed by atoms with Crippen LogP contribution in [0.25, 0.3) is 0 Å². The Hall–Kier alpha value is -1.42. The van der Waals surface area contributed by atoms with E-state index in [1.165, 1.54) is 19.3 Å². The number of benzene rings is 1. The fraction of sp³-hybridized carbons (Fsp3) is 0.571. The van der Waals surface area contributed by atoms with E-state index in [0.29, 0.717) is 6.54 Å². The molecule has 1 aromatic rings. The van der Waals surface area contributed by atoms with Crippen molar-refractivity contribution in [1.82, 2.24) is 5.32 Å². The molecule has 0 atom stereocenters. The highest BCUT2D eigenvalue weighted by Crippen LogP contribution is 2.28. The van der Waals surface area contributed by atoms with E-state index < -0.39 is 0 Å². The summed E-state index contributed by atoms with van der Waals surface area (Å²) in [4.78, 5) is 10.6. The Morgan fingerprint density at radius 1 is 1.28 bits per heavy atom. The lowest BCUT2D eigenvalue weighted by molar-refractivity contribution is -0.385. The highest BCUT2D eigenvalue weighted by molar-refractivity contribution is 5.39. The first-order valence-electron chi connectivity index (χ1n) is 6.58. The lowest BCUT2D eigenvalue weighted by Gasteiger charge is -2.34. The first-order valence-corrected chi connectivity index (χ1v) is 6.58. The first-order chi connectivity index (χ1) is 8.61. The predicted octanol–water partition coefficient (Wildman–Crippen LogP) is 3.41. The van der Waals surface area contributed by atoms with Gasteiger partial charge in [0.05, 0.1) is 4.92 Å². The molecule has 1 N–H and O–H groups in total. The van der Waals surface area contributed by atoms with Gasteiger partial charge in [0.15, 0.2) is 0 Å². The van der Waals surface area contributed by atoms with Crippen LogP contribution in [0.5, 0.6) is 0 Å². The van der Waals surface area contributed by atoms with Crippen LogP contribution in [-0.2, 0) is 6.54 Å². The van der Waals surface area contributed by atoms with Crippen LogP contribution in [0.2, 0.25) is 0 Å². The van der Waals surface area contributed by atoms with Crippen molar-refractivity contribution in [2.45, 2.75) is 51.1 Å². The quantitative estimate of drug-likeness (QED) is 0.656. The van der Waals surface area contributed by atoms with Crippen molar-refractivity contribution in [2.24, 2.45) is 0 Å². The van der Waals surface area contributed by atoms with Gasteiger partial charge in [-0.3, -0.25) is 10.1 Å². The average molecular weight is 248 g/mol. The van der Waals surface area contributed by atoms with Crippen LogP contribution in [-0.4, -0.2) is 10.5 Å². The summed E-state index contributed by atoms with van der Waals surface area (Å²) >= 11 is 0. The van der Waals surface area contributed by atoms with Crippen LogP contribution in [0.4, 0.5) is 5.69 Å². The Kier molecular flexibility index (Phi) is 3.97. The molecule has 0 saturated heterocycles. The number of para-hydroxylation sites is 1. The maximum atomic E-state index is 10.9. The summed E-state index contributed by atoms with van der Waals surface area (Å²) in [7, 11) is 0. The van der Waals surface area contributed by atoms with Gasteiger partial charge in [-0.05, 0) is 19.8 Å². The number of nitrogens with one attached hydrogen (secondary N) is 1. The largest absolute Gasteiger partial charge is 0.307 e. The van der Waals surface area contributed by atoms with Crippen molar-refractivity contribution in [3.8, 4) is 0 Å². The molecule has 0 aromatic heterocycles. The normalized spacial score (nSPS) is 18.5. The van der Waals surface area contributed by atoms with Gasteiger partial charge in [0.1, 0.15) is 0 Å². The van der Waals surface area contributed by atoms with Crippen molar-refractivity contribution in [3.05, 3.63) is 39.9 Å². The van der Waals surface area contributed by atoms with Crippen molar-refractivity contribution in [3.63, 3.8) is 0 Å². The first kappa shape index (κ1) is 13.0. The van der Waals surface area contributed by atoms with E-state index in [-0.39, 0.29) is 16.1 Å². The molecule has 0 amide bonds. The lowest BCUT2D eigenvalue weighted by atomic mass is 9.83. The second kappa shape index (κ2) is 5.48. The van der Waals surface area contributed by atoms with Crippen molar-refractivity contribution < 1.29 is 4.92 Å². The van der Waals surface area contributed by atoms with Gasteiger partial charge in [-0.25, -0.2) is 0 Å². The van der Waals surface area contributed by atoms with E-state index in [9.17, 15) is 10.1 Å². The molecule has 1 aliphatic carbocycles. The zero-order valence-corrected chi connectivity index (χ0v) is 10.8. The number of nitro groups is 1. The lowest BCUT2D eigenvalue weighted by Crippen LogP contribution is -2.43. The van der Waals surface area contributed by atoms with Crippen LogP contribution in [0, 0.1) is 10.1 Å². The molecule has 1 aliphatic rings. The molecule has 0 bridgehead atoms. The molecule has 98 valence electrons. The topological polar surface area (TPSA) is 55.2 Å². The fourth-order valence-electron chi connectivity index (χ4n) is 2.66. The second-order valence-corrected chi connectivity index (χ2v) is 5.36. The monoisotopic (exact) mass is 248 g/mol. The minimum absolute atomic E-state index is 0.141. The van der Waals surface area contributed by atoms with Gasteiger partial charge in [0, 0.05) is 23.7 Å². The summed E-state index contributed by atoms with van der Waals surface area (Å²) in [5.74, 6) is 0. The smallest absolute Gasteiger partial charge is 0.273 e. The molecule has 0 spiro atoms. The summed E-state index contributed by atoms with van der Waals surface area (Å²) in [6.07, 6.45) is 6.13. The summed E-state index contributed by atoms with van der Waals surface area (Å²) < 4.78 is 0. The third-order valence-corrected chi connectivity index (χ3v) is 3.85. The third kappa shape index (κ3) is 3.07. The number of nitrogens with zero attached hydrogens (tertiary/aromatic N) is 1. The Labute approximate surface area is 108 Å². The molecule has 4 nitrogen and oxygen atoms in total. The zero-order valence-electron chi connectivity index (χ0n) is 10.8. The molecule has 0 radical (unpaired) electrons. The van der Waals surface area contributed by atoms with E-state index in [4.69, 9.17) is 0 Å². The van der Waals surface area contributed by atoms with Gasteiger partial charge in [-0.15, -0.1) is 0 Å². The van der Waals surface area contributed by atoms with E-state index >= 15 is 0 Å². The third-order valence-electron chi connectivity index (χ3n) is 3.85.